The SMILES string of the molecule is CCC(CC)CNC(=O)Nc1cc(C)c(C)c(C(=O)O)c1. The topological polar surface area (TPSA) is 78.4 Å². The van der Waals surface area contributed by atoms with E-state index >= 15 is 0 Å². The summed E-state index contributed by atoms with van der Waals surface area (Å²) in [6, 6.07) is 2.96. The van der Waals surface area contributed by atoms with E-state index in [2.05, 4.69) is 24.5 Å². The standard InChI is InChI=1S/C16H24N2O3/c1-5-12(6-2)9-17-16(21)18-13-7-10(3)11(4)14(8-13)15(19)20/h7-8,12H,5-6,9H2,1-4H3,(H,19,20)(H2,17,18,21). The van der Waals surface area contributed by atoms with Gasteiger partial charge in [0.25, 0.3) is 0 Å². The van der Waals surface area contributed by atoms with Crippen LogP contribution < -0.4 is 10.6 Å². The molecule has 5 heteroatoms. The van der Waals surface area contributed by atoms with Gasteiger partial charge in [0.05, 0.1) is 5.56 Å². The van der Waals surface area contributed by atoms with Gasteiger partial charge in [-0.05, 0) is 43.0 Å². The van der Waals surface area contributed by atoms with Crippen molar-refractivity contribution in [1.29, 1.82) is 0 Å². The predicted octanol–water partition coefficient (Wildman–Crippen LogP) is 3.56. The zero-order chi connectivity index (χ0) is 16.0. The minimum absolute atomic E-state index is 0.213. The van der Waals surface area contributed by atoms with E-state index in [-0.39, 0.29) is 11.6 Å². The molecule has 2 amide bonds. The molecule has 0 aliphatic rings. The van der Waals surface area contributed by atoms with Crippen LogP contribution in [0.5, 0.6) is 0 Å². The molecule has 3 N–H and O–H groups in total. The third-order valence-corrected chi connectivity index (χ3v) is 3.86. The molecule has 1 rings (SSSR count). The Bertz CT molecular complexity index is 522. The van der Waals surface area contributed by atoms with Crippen molar-refractivity contribution in [3.63, 3.8) is 0 Å². The van der Waals surface area contributed by atoms with Gasteiger partial charge < -0.3 is 15.7 Å². The molecule has 0 unspecified atom stereocenters. The van der Waals surface area contributed by atoms with Crippen LogP contribution >= 0.6 is 0 Å². The van der Waals surface area contributed by atoms with E-state index < -0.39 is 5.97 Å². The molecule has 0 atom stereocenters. The average Bonchev–Trinajstić information content (AvgIpc) is 2.43. The molecule has 0 saturated carbocycles. The summed E-state index contributed by atoms with van der Waals surface area (Å²) in [5.41, 5.74) is 2.26. The zero-order valence-electron chi connectivity index (χ0n) is 13.1. The van der Waals surface area contributed by atoms with E-state index in [0.717, 1.165) is 18.4 Å². The summed E-state index contributed by atoms with van der Waals surface area (Å²) in [4.78, 5) is 23.0. The molecule has 0 radical (unpaired) electrons. The number of aryl methyl sites for hydroxylation is 1. The highest BCUT2D eigenvalue weighted by Gasteiger charge is 2.12. The van der Waals surface area contributed by atoms with Crippen LogP contribution in [-0.4, -0.2) is 23.7 Å². The number of amides is 2. The smallest absolute Gasteiger partial charge is 0.336 e. The molecule has 0 saturated heterocycles. The second-order valence-corrected chi connectivity index (χ2v) is 5.29. The fraction of sp³-hybridized carbons (Fsp3) is 0.500. The normalized spacial score (nSPS) is 10.5. The second-order valence-electron chi connectivity index (χ2n) is 5.29. The minimum Gasteiger partial charge on any atom is -0.478 e. The number of rotatable bonds is 6. The first-order valence-corrected chi connectivity index (χ1v) is 7.28. The molecule has 21 heavy (non-hydrogen) atoms. The molecule has 0 aromatic heterocycles. The first-order valence-electron chi connectivity index (χ1n) is 7.28. The van der Waals surface area contributed by atoms with Crippen LogP contribution in [0.15, 0.2) is 12.1 Å². The largest absolute Gasteiger partial charge is 0.478 e. The number of carboxylic acid groups (broad SMARTS) is 1. The number of aromatic carboxylic acids is 1. The van der Waals surface area contributed by atoms with Gasteiger partial charge >= 0.3 is 12.0 Å². The van der Waals surface area contributed by atoms with Crippen LogP contribution in [0.1, 0.15) is 48.2 Å². The van der Waals surface area contributed by atoms with Gasteiger partial charge in [-0.2, -0.15) is 0 Å². The van der Waals surface area contributed by atoms with Crippen LogP contribution in [0, 0.1) is 19.8 Å². The van der Waals surface area contributed by atoms with Gasteiger partial charge in [0.1, 0.15) is 0 Å². The Hall–Kier alpha value is -2.04. The highest BCUT2D eigenvalue weighted by molar-refractivity contribution is 5.94. The van der Waals surface area contributed by atoms with Crippen molar-refractivity contribution >= 4 is 17.7 Å². The highest BCUT2D eigenvalue weighted by Crippen LogP contribution is 2.20. The van der Waals surface area contributed by atoms with E-state index in [1.165, 1.54) is 6.07 Å². The summed E-state index contributed by atoms with van der Waals surface area (Å²) < 4.78 is 0. The van der Waals surface area contributed by atoms with Crippen molar-refractivity contribution in [3.05, 3.63) is 28.8 Å². The van der Waals surface area contributed by atoms with Crippen LogP contribution in [0.3, 0.4) is 0 Å². The first kappa shape index (κ1) is 17.0. The van der Waals surface area contributed by atoms with Gasteiger partial charge in [0.15, 0.2) is 0 Å². The maximum absolute atomic E-state index is 11.9. The second kappa shape index (κ2) is 7.67. The van der Waals surface area contributed by atoms with Crippen LogP contribution in [0.2, 0.25) is 0 Å². The predicted molar refractivity (Wildman–Crippen MR) is 84.0 cm³/mol. The zero-order valence-corrected chi connectivity index (χ0v) is 13.1. The summed E-state index contributed by atoms with van der Waals surface area (Å²) in [5.74, 6) is -0.526. The lowest BCUT2D eigenvalue weighted by Gasteiger charge is -2.15. The third-order valence-electron chi connectivity index (χ3n) is 3.86. The van der Waals surface area contributed by atoms with Gasteiger partial charge in [-0.1, -0.05) is 26.7 Å². The highest BCUT2D eigenvalue weighted by atomic mass is 16.4. The Kier molecular flexibility index (Phi) is 6.21. The van der Waals surface area contributed by atoms with Crippen molar-refractivity contribution in [3.8, 4) is 0 Å². The third kappa shape index (κ3) is 4.77. The number of hydrogen-bond donors (Lipinski definition) is 3. The van der Waals surface area contributed by atoms with Crippen LogP contribution in [0.25, 0.3) is 0 Å². The molecule has 0 spiro atoms. The number of hydrogen-bond acceptors (Lipinski definition) is 2. The van der Waals surface area contributed by atoms with Crippen molar-refractivity contribution in [2.45, 2.75) is 40.5 Å². The summed E-state index contributed by atoms with van der Waals surface area (Å²) in [6.07, 6.45) is 2.03. The summed E-state index contributed by atoms with van der Waals surface area (Å²) in [7, 11) is 0. The molecule has 0 bridgehead atoms. The van der Waals surface area contributed by atoms with E-state index in [1.807, 2.05) is 6.92 Å². The van der Waals surface area contributed by atoms with Crippen molar-refractivity contribution < 1.29 is 14.7 Å². The number of urea groups is 1. The minimum atomic E-state index is -0.989. The first-order chi connectivity index (χ1) is 9.88. The van der Waals surface area contributed by atoms with Crippen LogP contribution in [0.4, 0.5) is 10.5 Å². The lowest BCUT2D eigenvalue weighted by molar-refractivity contribution is 0.0696. The van der Waals surface area contributed by atoms with Gasteiger partial charge in [0, 0.05) is 12.2 Å². The Labute approximate surface area is 125 Å². The Morgan fingerprint density at radius 1 is 1.19 bits per heavy atom. The molecule has 116 valence electrons. The summed E-state index contributed by atoms with van der Waals surface area (Å²) in [6.45, 7) is 8.40. The number of carbonyl (C=O) groups is 2. The van der Waals surface area contributed by atoms with Crippen LogP contribution in [-0.2, 0) is 0 Å². The molecule has 1 aromatic carbocycles. The molecular formula is C16H24N2O3. The number of benzene rings is 1. The van der Waals surface area contributed by atoms with E-state index in [4.69, 9.17) is 5.11 Å². The summed E-state index contributed by atoms with van der Waals surface area (Å²) >= 11 is 0. The van der Waals surface area contributed by atoms with Crippen molar-refractivity contribution in [2.75, 3.05) is 11.9 Å². The molecule has 0 aliphatic carbocycles. The van der Waals surface area contributed by atoms with Gasteiger partial charge in [-0.25, -0.2) is 9.59 Å². The number of anilines is 1. The molecule has 1 aromatic rings. The Morgan fingerprint density at radius 3 is 2.33 bits per heavy atom. The molecule has 0 aliphatic heterocycles. The van der Waals surface area contributed by atoms with E-state index in [1.54, 1.807) is 13.0 Å². The molecule has 0 heterocycles. The summed E-state index contributed by atoms with van der Waals surface area (Å²) in [5, 5.41) is 14.7. The maximum atomic E-state index is 11.9. The maximum Gasteiger partial charge on any atom is 0.336 e. The van der Waals surface area contributed by atoms with Gasteiger partial charge in [-0.15, -0.1) is 0 Å². The number of carboxylic acids is 1. The van der Waals surface area contributed by atoms with Gasteiger partial charge in [-0.3, -0.25) is 0 Å². The Balaban J connectivity index is 2.75. The van der Waals surface area contributed by atoms with Crippen molar-refractivity contribution in [2.24, 2.45) is 5.92 Å². The number of carbonyl (C=O) groups excluding carboxylic acids is 1. The molecular weight excluding hydrogens is 268 g/mol. The van der Waals surface area contributed by atoms with E-state index in [0.29, 0.717) is 23.7 Å². The molecule has 5 nitrogen and oxygen atoms in total. The average molecular weight is 292 g/mol. The fourth-order valence-corrected chi connectivity index (χ4v) is 2.14. The molecule has 0 fully saturated rings. The van der Waals surface area contributed by atoms with Crippen molar-refractivity contribution in [1.82, 2.24) is 5.32 Å². The lowest BCUT2D eigenvalue weighted by atomic mass is 10.0. The lowest BCUT2D eigenvalue weighted by Crippen LogP contribution is -2.32. The van der Waals surface area contributed by atoms with Gasteiger partial charge in [0.2, 0.25) is 0 Å². The monoisotopic (exact) mass is 292 g/mol. The Morgan fingerprint density at radius 2 is 1.81 bits per heavy atom. The fourth-order valence-electron chi connectivity index (χ4n) is 2.14. The number of nitrogens with one attached hydrogen (secondary N) is 2. The van der Waals surface area contributed by atoms with E-state index in [9.17, 15) is 9.59 Å². The quantitative estimate of drug-likeness (QED) is 0.750.